The number of hydrogen-bond acceptors (Lipinski definition) is 5. The van der Waals surface area contributed by atoms with Crippen LogP contribution in [0.4, 0.5) is 27.8 Å². The predicted molar refractivity (Wildman–Crippen MR) is 116 cm³/mol. The average Bonchev–Trinajstić information content (AvgIpc) is 2.85. The van der Waals surface area contributed by atoms with Crippen molar-refractivity contribution < 1.29 is 26.7 Å². The van der Waals surface area contributed by atoms with Crippen molar-refractivity contribution in [3.05, 3.63) is 71.7 Å². The van der Waals surface area contributed by atoms with E-state index in [1.54, 1.807) is 11.0 Å². The normalized spacial score (nSPS) is 21.7. The molecule has 1 amide bonds. The first kappa shape index (κ1) is 23.1. The van der Waals surface area contributed by atoms with Crippen LogP contribution >= 0.6 is 0 Å². The molecule has 3 atom stereocenters. The van der Waals surface area contributed by atoms with Gasteiger partial charge in [-0.25, -0.2) is 23.7 Å². The SMILES string of the molecule is O=C(c1cccc(F)c1-c1ncccn1)N1C[C@@H]2CC[C@H]1[C@H](Nc1ncc(C(F)(F)F)cc1F)C2. The van der Waals surface area contributed by atoms with Crippen molar-refractivity contribution in [2.75, 3.05) is 11.9 Å². The molecule has 6 nitrogen and oxygen atoms in total. The molecular formula is C24H20F5N5O. The molecule has 3 fully saturated rings. The molecule has 2 aromatic heterocycles. The lowest BCUT2D eigenvalue weighted by Crippen LogP contribution is -2.60. The maximum absolute atomic E-state index is 14.8. The fourth-order valence-corrected chi connectivity index (χ4v) is 4.97. The zero-order valence-corrected chi connectivity index (χ0v) is 18.3. The summed E-state index contributed by atoms with van der Waals surface area (Å²) >= 11 is 0. The number of nitrogens with one attached hydrogen (secondary N) is 1. The Balaban J connectivity index is 1.42. The standard InChI is InChI=1S/C24H20F5N5O/c25-16-4-1-3-15(20(16)22-30-7-2-8-31-22)23(35)34-12-13-5-6-19(34)18(9-13)33-21-17(26)10-14(11-32-21)24(27,28)29/h1-4,7-8,10-11,13,18-19H,5-6,9,12H2,(H,32,33)/t13-,18-,19+/m1/s1. The van der Waals surface area contributed by atoms with Crippen molar-refractivity contribution in [2.45, 2.75) is 37.5 Å². The zero-order chi connectivity index (χ0) is 24.7. The zero-order valence-electron chi connectivity index (χ0n) is 18.3. The smallest absolute Gasteiger partial charge is 0.363 e. The Hall–Kier alpha value is -3.63. The van der Waals surface area contributed by atoms with Gasteiger partial charge in [0.1, 0.15) is 5.82 Å². The van der Waals surface area contributed by atoms with E-state index in [2.05, 4.69) is 20.3 Å². The van der Waals surface area contributed by atoms with E-state index in [0.717, 1.165) is 6.42 Å². The molecule has 3 aliphatic rings. The molecule has 1 aliphatic carbocycles. The maximum atomic E-state index is 14.8. The molecule has 1 saturated carbocycles. The summed E-state index contributed by atoms with van der Waals surface area (Å²) in [6.45, 7) is 0.441. The fourth-order valence-electron chi connectivity index (χ4n) is 4.97. The van der Waals surface area contributed by atoms with Crippen LogP contribution in [-0.2, 0) is 6.18 Å². The van der Waals surface area contributed by atoms with Crippen LogP contribution in [0.25, 0.3) is 11.4 Å². The van der Waals surface area contributed by atoms with Gasteiger partial charge in [-0.15, -0.1) is 0 Å². The summed E-state index contributed by atoms with van der Waals surface area (Å²) in [4.78, 5) is 27.1. The molecule has 0 radical (unpaired) electrons. The van der Waals surface area contributed by atoms with E-state index in [9.17, 15) is 26.7 Å². The molecule has 3 aromatic rings. The van der Waals surface area contributed by atoms with Crippen LogP contribution in [0.1, 0.15) is 35.2 Å². The average molecular weight is 489 g/mol. The molecule has 2 bridgehead atoms. The number of piperidine rings is 2. The fraction of sp³-hybridized carbons (Fsp3) is 0.333. The van der Waals surface area contributed by atoms with Gasteiger partial charge in [-0.2, -0.15) is 13.2 Å². The summed E-state index contributed by atoms with van der Waals surface area (Å²) in [5.74, 6) is -2.27. The molecular weight excluding hydrogens is 469 g/mol. The third-order valence-electron chi connectivity index (χ3n) is 6.56. The highest BCUT2D eigenvalue weighted by molar-refractivity contribution is 6.00. The highest BCUT2D eigenvalue weighted by Gasteiger charge is 2.44. The van der Waals surface area contributed by atoms with Crippen molar-refractivity contribution >= 4 is 11.7 Å². The first-order valence-corrected chi connectivity index (χ1v) is 11.1. The van der Waals surface area contributed by atoms with Crippen LogP contribution in [-0.4, -0.2) is 44.4 Å². The summed E-state index contributed by atoms with van der Waals surface area (Å²) in [5, 5.41) is 2.91. The lowest BCUT2D eigenvalue weighted by Gasteiger charge is -2.50. The number of halogens is 5. The molecule has 4 heterocycles. The van der Waals surface area contributed by atoms with E-state index in [1.807, 2.05) is 0 Å². The van der Waals surface area contributed by atoms with Crippen molar-refractivity contribution in [3.8, 4) is 11.4 Å². The Morgan fingerprint density at radius 2 is 1.80 bits per heavy atom. The molecule has 1 N–H and O–H groups in total. The number of nitrogens with zero attached hydrogens (tertiary/aromatic N) is 4. The van der Waals surface area contributed by atoms with Gasteiger partial charge in [0.2, 0.25) is 0 Å². The van der Waals surface area contributed by atoms with Crippen molar-refractivity contribution in [2.24, 2.45) is 5.92 Å². The molecule has 0 spiro atoms. The number of aromatic nitrogens is 3. The Morgan fingerprint density at radius 1 is 1.03 bits per heavy atom. The van der Waals surface area contributed by atoms with E-state index in [1.165, 1.54) is 30.6 Å². The van der Waals surface area contributed by atoms with Gasteiger partial charge >= 0.3 is 6.18 Å². The summed E-state index contributed by atoms with van der Waals surface area (Å²) in [6, 6.07) is 5.37. The molecule has 6 rings (SSSR count). The Bertz CT molecular complexity index is 1250. The number of pyridine rings is 1. The lowest BCUT2D eigenvalue weighted by atomic mass is 9.76. The maximum Gasteiger partial charge on any atom is 0.417 e. The van der Waals surface area contributed by atoms with E-state index in [0.29, 0.717) is 31.6 Å². The predicted octanol–water partition coefficient (Wildman–Crippen LogP) is 4.94. The largest absolute Gasteiger partial charge is 0.417 e. The van der Waals surface area contributed by atoms with E-state index >= 15 is 0 Å². The van der Waals surface area contributed by atoms with Gasteiger partial charge in [0.25, 0.3) is 5.91 Å². The highest BCUT2D eigenvalue weighted by Crippen LogP contribution is 2.39. The van der Waals surface area contributed by atoms with Gasteiger partial charge in [0, 0.05) is 31.2 Å². The highest BCUT2D eigenvalue weighted by atomic mass is 19.4. The number of anilines is 1. The Kier molecular flexibility index (Phi) is 5.86. The van der Waals surface area contributed by atoms with E-state index in [-0.39, 0.29) is 34.7 Å². The minimum atomic E-state index is -4.70. The van der Waals surface area contributed by atoms with Crippen LogP contribution in [0.5, 0.6) is 0 Å². The number of carbonyl (C=O) groups is 1. The molecule has 0 unspecified atom stereocenters. The quantitative estimate of drug-likeness (QED) is 0.526. The van der Waals surface area contributed by atoms with E-state index in [4.69, 9.17) is 0 Å². The van der Waals surface area contributed by atoms with Crippen LogP contribution in [0.2, 0.25) is 0 Å². The Labute approximate surface area is 197 Å². The van der Waals surface area contributed by atoms with Crippen LogP contribution < -0.4 is 5.32 Å². The van der Waals surface area contributed by atoms with Crippen LogP contribution in [0, 0.1) is 17.6 Å². The lowest BCUT2D eigenvalue weighted by molar-refractivity contribution is -0.138. The number of benzene rings is 1. The van der Waals surface area contributed by atoms with Gasteiger partial charge in [-0.1, -0.05) is 6.07 Å². The number of carbonyl (C=O) groups excluding carboxylic acids is 1. The minimum absolute atomic E-state index is 0.000457. The van der Waals surface area contributed by atoms with Crippen molar-refractivity contribution in [3.63, 3.8) is 0 Å². The van der Waals surface area contributed by atoms with Gasteiger partial charge in [-0.3, -0.25) is 4.79 Å². The van der Waals surface area contributed by atoms with Crippen molar-refractivity contribution in [1.29, 1.82) is 0 Å². The number of amides is 1. The monoisotopic (exact) mass is 489 g/mol. The first-order valence-electron chi connectivity index (χ1n) is 11.1. The summed E-state index contributed by atoms with van der Waals surface area (Å²) in [6.07, 6.45) is 0.859. The number of fused-ring (bicyclic) bond motifs is 3. The van der Waals surface area contributed by atoms with Crippen LogP contribution in [0.15, 0.2) is 48.9 Å². The van der Waals surface area contributed by atoms with Gasteiger partial charge in [0.15, 0.2) is 17.5 Å². The molecule has 35 heavy (non-hydrogen) atoms. The van der Waals surface area contributed by atoms with Gasteiger partial charge in [-0.05, 0) is 49.4 Å². The third-order valence-corrected chi connectivity index (χ3v) is 6.56. The van der Waals surface area contributed by atoms with Crippen molar-refractivity contribution in [1.82, 2.24) is 19.9 Å². The molecule has 182 valence electrons. The first-order chi connectivity index (χ1) is 16.7. The van der Waals surface area contributed by atoms with Crippen LogP contribution in [0.3, 0.4) is 0 Å². The van der Waals surface area contributed by atoms with Gasteiger partial charge in [0.05, 0.1) is 22.7 Å². The Morgan fingerprint density at radius 3 is 2.49 bits per heavy atom. The second kappa shape index (κ2) is 8.86. The molecule has 2 aliphatic heterocycles. The number of rotatable bonds is 4. The molecule has 11 heteroatoms. The summed E-state index contributed by atoms with van der Waals surface area (Å²) < 4.78 is 67.8. The second-order valence-corrected chi connectivity index (χ2v) is 8.74. The molecule has 1 aromatic carbocycles. The summed E-state index contributed by atoms with van der Waals surface area (Å²) in [5.41, 5.74) is -1.06. The van der Waals surface area contributed by atoms with Gasteiger partial charge < -0.3 is 10.2 Å². The third kappa shape index (κ3) is 4.42. The topological polar surface area (TPSA) is 71.0 Å². The summed E-state index contributed by atoms with van der Waals surface area (Å²) in [7, 11) is 0. The molecule has 2 saturated heterocycles. The van der Waals surface area contributed by atoms with E-state index < -0.39 is 35.3 Å². The number of alkyl halides is 3. The number of hydrogen-bond donors (Lipinski definition) is 1. The second-order valence-electron chi connectivity index (χ2n) is 8.74. The minimum Gasteiger partial charge on any atom is -0.363 e.